The highest BCUT2D eigenvalue weighted by Crippen LogP contribution is 2.60. The summed E-state index contributed by atoms with van der Waals surface area (Å²) < 4.78 is 2.50. The van der Waals surface area contributed by atoms with Gasteiger partial charge >= 0.3 is 0 Å². The van der Waals surface area contributed by atoms with Crippen LogP contribution in [0, 0.1) is 17.8 Å². The van der Waals surface area contributed by atoms with E-state index in [0.717, 1.165) is 19.3 Å². The van der Waals surface area contributed by atoms with Crippen LogP contribution in [0.4, 0.5) is 0 Å². The summed E-state index contributed by atoms with van der Waals surface area (Å²) in [6.07, 6.45) is 29.8. The number of allylic oxidation sites excluding steroid dienone is 14. The van der Waals surface area contributed by atoms with Gasteiger partial charge in [0.25, 0.3) is 0 Å². The summed E-state index contributed by atoms with van der Waals surface area (Å²) in [5.41, 5.74) is 14.5. The average Bonchev–Trinajstić information content (AvgIpc) is 3.76. The van der Waals surface area contributed by atoms with Crippen LogP contribution in [-0.2, 0) is 0 Å². The summed E-state index contributed by atoms with van der Waals surface area (Å²) >= 11 is 2.04. The van der Waals surface area contributed by atoms with E-state index in [0.29, 0.717) is 28.9 Å². The predicted octanol–water partition coefficient (Wildman–Crippen LogP) is 11.2. The Balaban J connectivity index is 1.03. The Morgan fingerprint density at radius 2 is 1.68 bits per heavy atom. The molecule has 5 atom stereocenters. The fourth-order valence-corrected chi connectivity index (χ4v) is 11.0. The van der Waals surface area contributed by atoms with Gasteiger partial charge in [-0.3, -0.25) is 0 Å². The van der Waals surface area contributed by atoms with Crippen LogP contribution in [0.5, 0.6) is 0 Å². The molecule has 4 unspecified atom stereocenters. The van der Waals surface area contributed by atoms with Gasteiger partial charge in [0.1, 0.15) is 0 Å². The van der Waals surface area contributed by atoms with E-state index in [1.807, 2.05) is 11.8 Å². The van der Waals surface area contributed by atoms with E-state index < -0.39 is 0 Å². The van der Waals surface area contributed by atoms with Gasteiger partial charge in [-0.1, -0.05) is 85.0 Å². The van der Waals surface area contributed by atoms with Gasteiger partial charge < -0.3 is 9.47 Å². The number of hydrogen-bond donors (Lipinski definition) is 0. The number of fused-ring (bicyclic) bond motifs is 10. The van der Waals surface area contributed by atoms with E-state index >= 15 is 0 Å². The largest absolute Gasteiger partial charge is 0.320 e. The zero-order chi connectivity index (χ0) is 30.6. The van der Waals surface area contributed by atoms with E-state index in [1.165, 1.54) is 73.3 Å². The topological polar surface area (TPSA) is 8.17 Å². The second-order valence-electron chi connectivity index (χ2n) is 14.2. The molecule has 2 aliphatic heterocycles. The molecular weight excluding hydrogens is 589 g/mol. The number of para-hydroxylation sites is 1. The molecule has 2 nitrogen and oxygen atoms in total. The van der Waals surface area contributed by atoms with Crippen molar-refractivity contribution in [1.82, 2.24) is 9.47 Å². The first-order valence-corrected chi connectivity index (χ1v) is 18.4. The van der Waals surface area contributed by atoms with Crippen LogP contribution in [0.15, 0.2) is 155 Å². The lowest BCUT2D eigenvalue weighted by molar-refractivity contribution is 0.227. The van der Waals surface area contributed by atoms with Gasteiger partial charge in [-0.2, -0.15) is 0 Å². The van der Waals surface area contributed by atoms with Gasteiger partial charge in [0.15, 0.2) is 0 Å². The molecule has 7 aliphatic rings. The molecule has 0 N–H and O–H groups in total. The molecule has 0 radical (unpaired) electrons. The van der Waals surface area contributed by atoms with E-state index in [4.69, 9.17) is 0 Å². The minimum Gasteiger partial charge on any atom is -0.320 e. The summed E-state index contributed by atoms with van der Waals surface area (Å²) in [5, 5.41) is 3.17. The number of benzene rings is 3. The molecule has 1 fully saturated rings. The number of nitrogens with zero attached hydrogens (tertiary/aromatic N) is 2. The van der Waals surface area contributed by atoms with Crippen molar-refractivity contribution in [2.24, 2.45) is 17.8 Å². The lowest BCUT2D eigenvalue weighted by Crippen LogP contribution is -2.36. The molecule has 1 saturated carbocycles. The molecular formula is C44H36N2S. The van der Waals surface area contributed by atoms with Crippen LogP contribution in [0.1, 0.15) is 49.1 Å². The van der Waals surface area contributed by atoms with E-state index in [1.54, 1.807) is 11.3 Å². The Kier molecular flexibility index (Phi) is 5.66. The van der Waals surface area contributed by atoms with Crippen molar-refractivity contribution >= 4 is 44.8 Å². The monoisotopic (exact) mass is 624 g/mol. The zero-order valence-corrected chi connectivity index (χ0v) is 27.2. The quantitative estimate of drug-likeness (QED) is 0.224. The second-order valence-corrected chi connectivity index (χ2v) is 15.4. The first kappa shape index (κ1) is 26.6. The van der Waals surface area contributed by atoms with Gasteiger partial charge in [-0.15, -0.1) is 11.8 Å². The maximum atomic E-state index is 2.76. The average molecular weight is 625 g/mol. The zero-order valence-electron chi connectivity index (χ0n) is 26.3. The number of thioether (sulfide) groups is 1. The molecule has 3 aromatic carbocycles. The van der Waals surface area contributed by atoms with Gasteiger partial charge in [0.05, 0.1) is 11.0 Å². The van der Waals surface area contributed by atoms with Crippen molar-refractivity contribution in [3.63, 3.8) is 0 Å². The summed E-state index contributed by atoms with van der Waals surface area (Å²) in [6, 6.07) is 25.3. The molecule has 5 aliphatic carbocycles. The maximum absolute atomic E-state index is 2.76. The fourth-order valence-electron chi connectivity index (χ4n) is 9.60. The molecule has 1 aromatic heterocycles. The summed E-state index contributed by atoms with van der Waals surface area (Å²) in [7, 11) is 0. The number of hydrogen-bond acceptors (Lipinski definition) is 2. The van der Waals surface area contributed by atoms with E-state index in [-0.39, 0.29) is 0 Å². The third kappa shape index (κ3) is 3.75. The summed E-state index contributed by atoms with van der Waals surface area (Å²) in [6.45, 7) is 0. The molecule has 0 bridgehead atoms. The Morgan fingerprint density at radius 1 is 0.766 bits per heavy atom. The highest BCUT2D eigenvalue weighted by molar-refractivity contribution is 8.00. The van der Waals surface area contributed by atoms with E-state index in [9.17, 15) is 0 Å². The fraction of sp³-hybridized carbons (Fsp3) is 0.227. The molecule has 4 aromatic rings. The first-order chi connectivity index (χ1) is 23.3. The van der Waals surface area contributed by atoms with Gasteiger partial charge in [-0.05, 0) is 103 Å². The van der Waals surface area contributed by atoms with Gasteiger partial charge in [0, 0.05) is 61.5 Å². The third-order valence-corrected chi connectivity index (χ3v) is 13.2. The van der Waals surface area contributed by atoms with E-state index in [2.05, 4.69) is 137 Å². The van der Waals surface area contributed by atoms with Crippen LogP contribution in [-0.4, -0.2) is 14.7 Å². The van der Waals surface area contributed by atoms with Crippen LogP contribution in [0.3, 0.4) is 0 Å². The van der Waals surface area contributed by atoms with Gasteiger partial charge in [-0.25, -0.2) is 0 Å². The Bertz CT molecular complexity index is 2300. The summed E-state index contributed by atoms with van der Waals surface area (Å²) in [5.74, 6) is 2.14. The molecule has 0 saturated heterocycles. The number of rotatable bonds is 3. The minimum absolute atomic E-state index is 0.397. The van der Waals surface area contributed by atoms with Crippen LogP contribution in [0.2, 0.25) is 0 Å². The van der Waals surface area contributed by atoms with Crippen molar-refractivity contribution < 1.29 is 0 Å². The van der Waals surface area contributed by atoms with Crippen LogP contribution < -0.4 is 0 Å². The standard InChI is InChI=1S/C44H36N2S/c1-2-9-30(10-3-1)45-37-13-6-4-11-32(37)35-25-28(19-23-38(35)45)29-20-24-39-36(26-29)33-22-18-27-17-21-31(27)44(33)46(39)40-14-8-16-42-43(40)34-12-5-7-15-41(34)47-42/h1-2,4-9,11-16,18-20,22-25,27,31,36,42-43H,3,10,17,21,26H2/t27?,31-,36?,42?,43?/m1/s1. The highest BCUT2D eigenvalue weighted by atomic mass is 32.2. The van der Waals surface area contributed by atoms with Gasteiger partial charge in [0.2, 0.25) is 0 Å². The Morgan fingerprint density at radius 3 is 2.60 bits per heavy atom. The Hall–Kier alpha value is -4.47. The molecule has 228 valence electrons. The first-order valence-electron chi connectivity index (χ1n) is 17.5. The minimum atomic E-state index is 0.397. The van der Waals surface area contributed by atoms with Crippen molar-refractivity contribution in [3.05, 3.63) is 161 Å². The molecule has 0 amide bonds. The predicted molar refractivity (Wildman–Crippen MR) is 197 cm³/mol. The molecule has 3 heterocycles. The molecule has 11 rings (SSSR count). The Labute approximate surface area is 280 Å². The normalized spacial score (nSPS) is 28.3. The van der Waals surface area contributed by atoms with Crippen molar-refractivity contribution in [2.75, 3.05) is 0 Å². The summed E-state index contributed by atoms with van der Waals surface area (Å²) in [4.78, 5) is 4.21. The smallest absolute Gasteiger partial charge is 0.0538 e. The van der Waals surface area contributed by atoms with Crippen molar-refractivity contribution in [3.8, 4) is 0 Å². The SMILES string of the molecule is C1=CCCC(n2c3ccccc3c3cc(C4=CC=C5C(C4)C4=C([C@@H]6CCC6C=C4)N5C4=CC=CC5Sc6ccccc6C45)ccc32)=C1. The number of aromatic nitrogens is 1. The highest BCUT2D eigenvalue weighted by Gasteiger charge is 2.49. The van der Waals surface area contributed by atoms with Crippen LogP contribution >= 0.6 is 11.8 Å². The second kappa shape index (κ2) is 10.0. The van der Waals surface area contributed by atoms with Crippen LogP contribution in [0.25, 0.3) is 33.1 Å². The van der Waals surface area contributed by atoms with Crippen molar-refractivity contribution in [1.29, 1.82) is 0 Å². The third-order valence-electron chi connectivity index (χ3n) is 11.9. The lowest BCUT2D eigenvalue weighted by atomic mass is 9.67. The van der Waals surface area contributed by atoms with Crippen molar-refractivity contribution in [2.45, 2.75) is 48.2 Å². The lowest BCUT2D eigenvalue weighted by Gasteiger charge is -2.44. The molecule has 47 heavy (non-hydrogen) atoms. The molecule has 0 spiro atoms. The maximum Gasteiger partial charge on any atom is 0.0538 e. The molecule has 3 heteroatoms.